The van der Waals surface area contributed by atoms with Gasteiger partial charge in [0.2, 0.25) is 0 Å². The highest BCUT2D eigenvalue weighted by atomic mass is 15.3. The van der Waals surface area contributed by atoms with Crippen molar-refractivity contribution in [3.8, 4) is 0 Å². The first-order valence-electron chi connectivity index (χ1n) is 6.80. The summed E-state index contributed by atoms with van der Waals surface area (Å²) in [5, 5.41) is 0. The second-order valence-electron chi connectivity index (χ2n) is 6.45. The number of likely N-dealkylation sites (N-methyl/N-ethyl adjacent to an activating group) is 2. The van der Waals surface area contributed by atoms with Crippen molar-refractivity contribution in [3.63, 3.8) is 0 Å². The van der Waals surface area contributed by atoms with Gasteiger partial charge in [0.1, 0.15) is 0 Å². The van der Waals surface area contributed by atoms with E-state index in [1.165, 1.54) is 25.9 Å². The predicted octanol–water partition coefficient (Wildman–Crippen LogP) is 2.69. The first-order chi connectivity index (χ1) is 7.40. The molecule has 0 bridgehead atoms. The Kier molecular flexibility index (Phi) is 5.26. The molecule has 0 radical (unpaired) electrons. The van der Waals surface area contributed by atoms with E-state index in [4.69, 9.17) is 0 Å². The van der Waals surface area contributed by atoms with Crippen molar-refractivity contribution in [1.82, 2.24) is 9.80 Å². The van der Waals surface area contributed by atoms with E-state index in [1.54, 1.807) is 0 Å². The van der Waals surface area contributed by atoms with Gasteiger partial charge in [-0.2, -0.15) is 0 Å². The van der Waals surface area contributed by atoms with Crippen molar-refractivity contribution < 1.29 is 0 Å². The molecule has 1 aliphatic heterocycles. The normalized spacial score (nSPS) is 29.2. The molecule has 0 N–H and O–H groups in total. The highest BCUT2D eigenvalue weighted by Gasteiger charge is 2.29. The molecule has 2 nitrogen and oxygen atoms in total. The van der Waals surface area contributed by atoms with Gasteiger partial charge in [0, 0.05) is 25.2 Å². The standard InChI is InChI=1S/C14H30N2/c1-11(2)7-13-9-16(6)14(8-12(3)4)10-15(13)5/h11-14H,7-10H2,1-6H3/t13-,14-/m1/s1. The third-order valence-electron chi connectivity index (χ3n) is 3.73. The Hall–Kier alpha value is -0.0800. The summed E-state index contributed by atoms with van der Waals surface area (Å²) in [6.45, 7) is 11.8. The van der Waals surface area contributed by atoms with E-state index in [9.17, 15) is 0 Å². The minimum atomic E-state index is 0.758. The molecular formula is C14H30N2. The molecule has 0 amide bonds. The van der Waals surface area contributed by atoms with Crippen LogP contribution in [-0.4, -0.2) is 49.1 Å². The highest BCUT2D eigenvalue weighted by molar-refractivity contribution is 4.86. The first-order valence-corrected chi connectivity index (χ1v) is 6.80. The predicted molar refractivity (Wildman–Crippen MR) is 71.7 cm³/mol. The van der Waals surface area contributed by atoms with E-state index >= 15 is 0 Å². The third-order valence-corrected chi connectivity index (χ3v) is 3.73. The number of piperazine rings is 1. The molecule has 0 aromatic carbocycles. The van der Waals surface area contributed by atoms with Crippen LogP contribution in [0.5, 0.6) is 0 Å². The lowest BCUT2D eigenvalue weighted by Crippen LogP contribution is -2.56. The monoisotopic (exact) mass is 226 g/mol. The van der Waals surface area contributed by atoms with Crippen LogP contribution in [-0.2, 0) is 0 Å². The van der Waals surface area contributed by atoms with Gasteiger partial charge in [-0.3, -0.25) is 0 Å². The highest BCUT2D eigenvalue weighted by Crippen LogP contribution is 2.21. The maximum absolute atomic E-state index is 2.58. The maximum Gasteiger partial charge on any atom is 0.0223 e. The minimum Gasteiger partial charge on any atom is -0.301 e. The molecule has 2 heteroatoms. The van der Waals surface area contributed by atoms with Gasteiger partial charge in [-0.25, -0.2) is 0 Å². The van der Waals surface area contributed by atoms with Crippen LogP contribution < -0.4 is 0 Å². The molecule has 1 saturated heterocycles. The summed E-state index contributed by atoms with van der Waals surface area (Å²) in [7, 11) is 4.60. The number of hydrogen-bond acceptors (Lipinski definition) is 2. The fourth-order valence-corrected chi connectivity index (χ4v) is 2.84. The van der Waals surface area contributed by atoms with Crippen LogP contribution in [0.2, 0.25) is 0 Å². The summed E-state index contributed by atoms with van der Waals surface area (Å²) in [6, 6.07) is 1.52. The van der Waals surface area contributed by atoms with Gasteiger partial charge in [-0.1, -0.05) is 27.7 Å². The smallest absolute Gasteiger partial charge is 0.0223 e. The lowest BCUT2D eigenvalue weighted by Gasteiger charge is -2.44. The fourth-order valence-electron chi connectivity index (χ4n) is 2.84. The summed E-state index contributed by atoms with van der Waals surface area (Å²) in [5.74, 6) is 1.62. The van der Waals surface area contributed by atoms with Gasteiger partial charge in [0.25, 0.3) is 0 Å². The zero-order valence-corrected chi connectivity index (χ0v) is 12.0. The molecule has 0 spiro atoms. The van der Waals surface area contributed by atoms with E-state index in [1.807, 2.05) is 0 Å². The van der Waals surface area contributed by atoms with Gasteiger partial charge < -0.3 is 9.80 Å². The lowest BCUT2D eigenvalue weighted by molar-refractivity contribution is 0.0443. The molecule has 1 rings (SSSR count). The van der Waals surface area contributed by atoms with Crippen molar-refractivity contribution in [1.29, 1.82) is 0 Å². The van der Waals surface area contributed by atoms with E-state index < -0.39 is 0 Å². The first kappa shape index (κ1) is 14.0. The van der Waals surface area contributed by atoms with Crippen LogP contribution in [0.3, 0.4) is 0 Å². The Bertz CT molecular complexity index is 179. The summed E-state index contributed by atoms with van der Waals surface area (Å²) in [5.41, 5.74) is 0. The van der Waals surface area contributed by atoms with Crippen LogP contribution >= 0.6 is 0 Å². The number of hydrogen-bond donors (Lipinski definition) is 0. The molecule has 96 valence electrons. The number of nitrogens with zero attached hydrogens (tertiary/aromatic N) is 2. The summed E-state index contributed by atoms with van der Waals surface area (Å²) in [6.07, 6.45) is 2.66. The molecule has 0 aromatic heterocycles. The molecule has 16 heavy (non-hydrogen) atoms. The van der Waals surface area contributed by atoms with Gasteiger partial charge in [-0.05, 0) is 38.8 Å². The van der Waals surface area contributed by atoms with E-state index in [2.05, 4.69) is 51.6 Å². The zero-order valence-electron chi connectivity index (χ0n) is 12.0. The molecule has 2 atom stereocenters. The molecule has 1 aliphatic rings. The maximum atomic E-state index is 2.58. The minimum absolute atomic E-state index is 0.758. The average molecular weight is 226 g/mol. The van der Waals surface area contributed by atoms with E-state index in [0.717, 1.165) is 23.9 Å². The van der Waals surface area contributed by atoms with Crippen LogP contribution in [0.25, 0.3) is 0 Å². The molecule has 0 aromatic rings. The van der Waals surface area contributed by atoms with Crippen molar-refractivity contribution in [2.24, 2.45) is 11.8 Å². The average Bonchev–Trinajstić information content (AvgIpc) is 2.11. The Balaban J connectivity index is 2.49. The van der Waals surface area contributed by atoms with Crippen molar-refractivity contribution in [3.05, 3.63) is 0 Å². The van der Waals surface area contributed by atoms with Crippen LogP contribution in [0.15, 0.2) is 0 Å². The van der Waals surface area contributed by atoms with Crippen LogP contribution in [0.1, 0.15) is 40.5 Å². The molecular weight excluding hydrogens is 196 g/mol. The zero-order chi connectivity index (χ0) is 12.3. The van der Waals surface area contributed by atoms with Gasteiger partial charge >= 0.3 is 0 Å². The Labute approximate surface area is 102 Å². The Morgan fingerprint density at radius 1 is 0.812 bits per heavy atom. The molecule has 0 aliphatic carbocycles. The van der Waals surface area contributed by atoms with Gasteiger partial charge in [0.05, 0.1) is 0 Å². The van der Waals surface area contributed by atoms with Crippen LogP contribution in [0, 0.1) is 11.8 Å². The summed E-state index contributed by atoms with van der Waals surface area (Å²) in [4.78, 5) is 5.15. The molecule has 0 unspecified atom stereocenters. The number of rotatable bonds is 4. The molecule has 1 fully saturated rings. The largest absolute Gasteiger partial charge is 0.301 e. The van der Waals surface area contributed by atoms with Crippen molar-refractivity contribution in [2.75, 3.05) is 27.2 Å². The van der Waals surface area contributed by atoms with Gasteiger partial charge in [0.15, 0.2) is 0 Å². The van der Waals surface area contributed by atoms with E-state index in [0.29, 0.717) is 0 Å². The second kappa shape index (κ2) is 6.02. The molecule has 1 heterocycles. The summed E-state index contributed by atoms with van der Waals surface area (Å²) >= 11 is 0. The lowest BCUT2D eigenvalue weighted by atomic mass is 9.95. The Morgan fingerprint density at radius 3 is 1.38 bits per heavy atom. The van der Waals surface area contributed by atoms with Crippen molar-refractivity contribution >= 4 is 0 Å². The quantitative estimate of drug-likeness (QED) is 0.727. The summed E-state index contributed by atoms with van der Waals surface area (Å²) < 4.78 is 0. The topological polar surface area (TPSA) is 6.48 Å². The molecule has 0 saturated carbocycles. The Morgan fingerprint density at radius 2 is 1.12 bits per heavy atom. The SMILES string of the molecule is CC(C)C[C@@H]1CN(C)[C@H](CC(C)C)CN1C. The van der Waals surface area contributed by atoms with Gasteiger partial charge in [-0.15, -0.1) is 0 Å². The third kappa shape index (κ3) is 4.06. The fraction of sp³-hybridized carbons (Fsp3) is 1.00. The van der Waals surface area contributed by atoms with E-state index in [-0.39, 0.29) is 0 Å². The van der Waals surface area contributed by atoms with Crippen LogP contribution in [0.4, 0.5) is 0 Å². The van der Waals surface area contributed by atoms with Crippen molar-refractivity contribution in [2.45, 2.75) is 52.6 Å². The second-order valence-corrected chi connectivity index (χ2v) is 6.45.